The highest BCUT2D eigenvalue weighted by Gasteiger charge is 2.74. The lowest BCUT2D eigenvalue weighted by molar-refractivity contribution is -0.173. The minimum atomic E-state index is -0.142. The summed E-state index contributed by atoms with van der Waals surface area (Å²) in [7, 11) is 0. The van der Waals surface area contributed by atoms with E-state index in [0.29, 0.717) is 5.92 Å². The fourth-order valence-electron chi connectivity index (χ4n) is 9.03. The van der Waals surface area contributed by atoms with Crippen LogP contribution >= 0.6 is 0 Å². The average molecular weight is 358 g/mol. The van der Waals surface area contributed by atoms with Crippen molar-refractivity contribution in [2.75, 3.05) is 0 Å². The van der Waals surface area contributed by atoms with Crippen LogP contribution in [0.15, 0.2) is 16.8 Å². The quantitative estimate of drug-likeness (QED) is 0.567. The summed E-state index contributed by atoms with van der Waals surface area (Å²) in [4.78, 5) is 12.0. The van der Waals surface area contributed by atoms with Gasteiger partial charge in [0.25, 0.3) is 0 Å². The zero-order valence-electron chi connectivity index (χ0n) is 16.1. The molecule has 4 heteroatoms. The lowest BCUT2D eigenvalue weighted by atomic mass is 9.33. The van der Waals surface area contributed by atoms with Gasteiger partial charge in [-0.15, -0.1) is 0 Å². The SMILES string of the molecule is NC1CC2(N)CCC3CCCC(N=O)C1C3(C1=CCCC1)C21CCCC1. The predicted molar refractivity (Wildman–Crippen MR) is 104 cm³/mol. The van der Waals surface area contributed by atoms with E-state index in [9.17, 15) is 4.91 Å². The Hall–Kier alpha value is -0.740. The molecule has 5 aliphatic carbocycles. The molecule has 0 aromatic rings. The van der Waals surface area contributed by atoms with Crippen molar-refractivity contribution < 1.29 is 0 Å². The number of rotatable bonds is 2. The molecule has 4 saturated carbocycles. The van der Waals surface area contributed by atoms with Crippen LogP contribution in [0.25, 0.3) is 0 Å². The van der Waals surface area contributed by atoms with E-state index in [4.69, 9.17) is 11.5 Å². The summed E-state index contributed by atoms with van der Waals surface area (Å²) in [6.07, 6.45) is 17.8. The molecule has 144 valence electrons. The molecule has 0 radical (unpaired) electrons. The maximum Gasteiger partial charge on any atom is 0.0971 e. The first-order valence-electron chi connectivity index (χ1n) is 11.2. The monoisotopic (exact) mass is 357 g/mol. The van der Waals surface area contributed by atoms with Gasteiger partial charge in [0.05, 0.1) is 6.04 Å². The molecule has 26 heavy (non-hydrogen) atoms. The molecule has 0 aromatic heterocycles. The molecule has 2 bridgehead atoms. The normalized spacial score (nSPS) is 49.7. The number of nitrogens with zero attached hydrogens (tertiary/aromatic N) is 1. The van der Waals surface area contributed by atoms with Crippen molar-refractivity contribution in [1.82, 2.24) is 0 Å². The van der Waals surface area contributed by atoms with Crippen LogP contribution in [0, 0.1) is 27.6 Å². The van der Waals surface area contributed by atoms with Gasteiger partial charge in [0, 0.05) is 22.9 Å². The van der Waals surface area contributed by atoms with Crippen molar-refractivity contribution in [2.24, 2.45) is 39.3 Å². The van der Waals surface area contributed by atoms with Gasteiger partial charge in [0.1, 0.15) is 0 Å². The summed E-state index contributed by atoms with van der Waals surface area (Å²) in [6.45, 7) is 0. The van der Waals surface area contributed by atoms with Gasteiger partial charge in [-0.2, -0.15) is 4.91 Å². The van der Waals surface area contributed by atoms with Crippen molar-refractivity contribution in [3.05, 3.63) is 16.6 Å². The highest BCUT2D eigenvalue weighted by atomic mass is 16.3. The molecule has 6 unspecified atom stereocenters. The van der Waals surface area contributed by atoms with Crippen molar-refractivity contribution in [3.63, 3.8) is 0 Å². The molecular weight excluding hydrogens is 322 g/mol. The van der Waals surface area contributed by atoms with Gasteiger partial charge < -0.3 is 11.5 Å². The molecule has 4 N–H and O–H groups in total. The lowest BCUT2D eigenvalue weighted by Crippen LogP contribution is -2.76. The van der Waals surface area contributed by atoms with Gasteiger partial charge in [-0.25, -0.2) is 0 Å². The third-order valence-electron chi connectivity index (χ3n) is 9.55. The van der Waals surface area contributed by atoms with Crippen LogP contribution in [0.4, 0.5) is 0 Å². The molecule has 1 spiro atoms. The van der Waals surface area contributed by atoms with Crippen molar-refractivity contribution in [1.29, 1.82) is 0 Å². The first kappa shape index (κ1) is 17.4. The predicted octanol–water partition coefficient (Wildman–Crippen LogP) is 4.42. The largest absolute Gasteiger partial charge is 0.327 e. The Labute approximate surface area is 157 Å². The van der Waals surface area contributed by atoms with Crippen molar-refractivity contribution in [2.45, 2.75) is 101 Å². The summed E-state index contributed by atoms with van der Waals surface area (Å²) in [5.41, 5.74) is 15.9. The van der Waals surface area contributed by atoms with Gasteiger partial charge in [-0.3, -0.25) is 0 Å². The van der Waals surface area contributed by atoms with E-state index in [1.807, 2.05) is 0 Å². The van der Waals surface area contributed by atoms with Crippen LogP contribution in [0.2, 0.25) is 0 Å². The van der Waals surface area contributed by atoms with Crippen LogP contribution in [-0.2, 0) is 0 Å². The molecule has 0 heterocycles. The topological polar surface area (TPSA) is 81.5 Å². The van der Waals surface area contributed by atoms with Gasteiger partial charge in [-0.1, -0.05) is 36.1 Å². The molecule has 0 aromatic carbocycles. The Balaban J connectivity index is 1.80. The highest BCUT2D eigenvalue weighted by molar-refractivity contribution is 5.37. The van der Waals surface area contributed by atoms with E-state index < -0.39 is 0 Å². The van der Waals surface area contributed by atoms with Crippen molar-refractivity contribution in [3.8, 4) is 0 Å². The molecule has 4 nitrogen and oxygen atoms in total. The molecule has 0 aliphatic heterocycles. The van der Waals surface area contributed by atoms with E-state index in [2.05, 4.69) is 11.3 Å². The second-order valence-corrected chi connectivity index (χ2v) is 10.2. The van der Waals surface area contributed by atoms with E-state index in [-0.39, 0.29) is 34.4 Å². The molecule has 6 atom stereocenters. The first-order valence-corrected chi connectivity index (χ1v) is 11.2. The maximum atomic E-state index is 12.0. The summed E-state index contributed by atoms with van der Waals surface area (Å²) < 4.78 is 0. The van der Waals surface area contributed by atoms with Crippen LogP contribution in [0.3, 0.4) is 0 Å². The lowest BCUT2D eigenvalue weighted by Gasteiger charge is -2.72. The fraction of sp³-hybridized carbons (Fsp3) is 0.909. The third kappa shape index (κ3) is 1.88. The van der Waals surface area contributed by atoms with Crippen LogP contribution in [0.5, 0.6) is 0 Å². The molecule has 4 fully saturated rings. The minimum absolute atomic E-state index is 0.0244. The number of nitrogens with two attached hydrogens (primary N) is 2. The van der Waals surface area contributed by atoms with E-state index in [0.717, 1.165) is 25.7 Å². The zero-order valence-corrected chi connectivity index (χ0v) is 16.1. The minimum Gasteiger partial charge on any atom is -0.327 e. The number of nitroso groups, excluding NO2 is 1. The van der Waals surface area contributed by atoms with Crippen LogP contribution in [-0.4, -0.2) is 17.6 Å². The molecule has 5 rings (SSSR count). The van der Waals surface area contributed by atoms with E-state index in [1.165, 1.54) is 57.8 Å². The van der Waals surface area contributed by atoms with E-state index >= 15 is 0 Å². The summed E-state index contributed by atoms with van der Waals surface area (Å²) in [5, 5.41) is 3.72. The number of hydrogen-bond acceptors (Lipinski definition) is 4. The Morgan fingerprint density at radius 1 is 1.04 bits per heavy atom. The molecule has 5 aliphatic rings. The number of allylic oxidation sites excluding steroid dienone is 2. The Morgan fingerprint density at radius 2 is 1.85 bits per heavy atom. The smallest absolute Gasteiger partial charge is 0.0971 e. The van der Waals surface area contributed by atoms with E-state index in [1.54, 1.807) is 5.57 Å². The highest BCUT2D eigenvalue weighted by Crippen LogP contribution is 2.76. The van der Waals surface area contributed by atoms with Gasteiger partial charge in [-0.05, 0) is 75.5 Å². The molecule has 0 saturated heterocycles. The Morgan fingerprint density at radius 3 is 2.54 bits per heavy atom. The first-order chi connectivity index (χ1) is 12.6. The summed E-state index contributed by atoms with van der Waals surface area (Å²) in [5.74, 6) is 0.872. The fourth-order valence-corrected chi connectivity index (χ4v) is 9.03. The van der Waals surface area contributed by atoms with Gasteiger partial charge >= 0.3 is 0 Å². The average Bonchev–Trinajstić information content (AvgIpc) is 3.28. The molecular formula is C22H35N3O. The third-order valence-corrected chi connectivity index (χ3v) is 9.55. The van der Waals surface area contributed by atoms with Crippen LogP contribution in [0.1, 0.15) is 83.5 Å². The van der Waals surface area contributed by atoms with Crippen LogP contribution < -0.4 is 11.5 Å². The summed E-state index contributed by atoms with van der Waals surface area (Å²) in [6, 6.07) is -0.0899. The standard InChI is InChI=1S/C22H35N3O/c23-17-14-21(24)13-10-16-8-5-9-18(25-26)19(17)22(16,15-6-1-2-7-15)20(21)11-3-4-12-20/h6,16-19H,1-5,7-14,23-24H2. The number of hydrogen-bond donors (Lipinski definition) is 2. The Bertz CT molecular complexity index is 625. The summed E-state index contributed by atoms with van der Waals surface area (Å²) >= 11 is 0. The Kier molecular flexibility index (Phi) is 3.92. The molecule has 0 amide bonds. The van der Waals surface area contributed by atoms with Crippen molar-refractivity contribution >= 4 is 0 Å². The zero-order chi connectivity index (χ0) is 18.0. The van der Waals surface area contributed by atoms with Gasteiger partial charge in [0.15, 0.2) is 0 Å². The maximum absolute atomic E-state index is 12.0. The van der Waals surface area contributed by atoms with Gasteiger partial charge in [0.2, 0.25) is 0 Å². The second kappa shape index (κ2) is 5.88. The second-order valence-electron chi connectivity index (χ2n) is 10.2.